The normalized spacial score (nSPS) is 24.5. The van der Waals surface area contributed by atoms with Crippen LogP contribution in [-0.4, -0.2) is 25.4 Å². The Balaban J connectivity index is 1.78. The Kier molecular flexibility index (Phi) is 2.94. The van der Waals surface area contributed by atoms with Gasteiger partial charge in [0.15, 0.2) is 11.5 Å². The molecule has 2 aliphatic rings. The number of hydrogen-bond donors (Lipinski definition) is 2. The lowest BCUT2D eigenvalue weighted by atomic mass is 10.0. The second kappa shape index (κ2) is 4.62. The number of nitrogen functional groups attached to an aromatic ring is 1. The molecule has 3 N–H and O–H groups in total. The molecule has 1 aromatic rings. The molecule has 1 fully saturated rings. The minimum Gasteiger partial charge on any atom is -0.454 e. The maximum absolute atomic E-state index is 12.2. The van der Waals surface area contributed by atoms with Gasteiger partial charge in [-0.25, -0.2) is 0 Å². The summed E-state index contributed by atoms with van der Waals surface area (Å²) in [6.07, 6.45) is 0.674. The SMILES string of the molecule is CC1OCCC1C(=O)Nc1cc2c(cc1N)OCO2. The summed E-state index contributed by atoms with van der Waals surface area (Å²) in [5.74, 6) is 0.994. The number of carbonyl (C=O) groups excluding carboxylic acids is 1. The van der Waals surface area contributed by atoms with Gasteiger partial charge in [0, 0.05) is 18.7 Å². The van der Waals surface area contributed by atoms with Gasteiger partial charge in [0.2, 0.25) is 12.7 Å². The lowest BCUT2D eigenvalue weighted by Gasteiger charge is -2.15. The summed E-state index contributed by atoms with van der Waals surface area (Å²) in [5.41, 5.74) is 6.91. The van der Waals surface area contributed by atoms with Gasteiger partial charge < -0.3 is 25.3 Å². The number of hydrogen-bond acceptors (Lipinski definition) is 5. The molecule has 102 valence electrons. The van der Waals surface area contributed by atoms with Crippen molar-refractivity contribution in [3.05, 3.63) is 12.1 Å². The molecule has 0 aliphatic carbocycles. The number of amides is 1. The molecule has 1 aromatic carbocycles. The van der Waals surface area contributed by atoms with Crippen molar-refractivity contribution in [3.63, 3.8) is 0 Å². The zero-order chi connectivity index (χ0) is 13.4. The third-order valence-corrected chi connectivity index (χ3v) is 3.52. The molecule has 0 radical (unpaired) electrons. The molecule has 2 unspecified atom stereocenters. The molecular formula is C13H16N2O4. The Morgan fingerprint density at radius 3 is 2.79 bits per heavy atom. The highest BCUT2D eigenvalue weighted by Gasteiger charge is 2.31. The van der Waals surface area contributed by atoms with Gasteiger partial charge in [0.25, 0.3) is 0 Å². The summed E-state index contributed by atoms with van der Waals surface area (Å²) >= 11 is 0. The predicted molar refractivity (Wildman–Crippen MR) is 69.1 cm³/mol. The minimum absolute atomic E-state index is 0.0600. The second-order valence-corrected chi connectivity index (χ2v) is 4.75. The average Bonchev–Trinajstić information content (AvgIpc) is 2.98. The summed E-state index contributed by atoms with van der Waals surface area (Å²) < 4.78 is 15.9. The first-order valence-corrected chi connectivity index (χ1v) is 6.27. The molecule has 0 aromatic heterocycles. The number of carbonyl (C=O) groups is 1. The lowest BCUT2D eigenvalue weighted by Crippen LogP contribution is -2.28. The van der Waals surface area contributed by atoms with Crippen molar-refractivity contribution in [2.24, 2.45) is 5.92 Å². The van der Waals surface area contributed by atoms with Crippen LogP contribution in [0.25, 0.3) is 0 Å². The molecule has 0 spiro atoms. The van der Waals surface area contributed by atoms with Crippen molar-refractivity contribution < 1.29 is 19.0 Å². The monoisotopic (exact) mass is 264 g/mol. The molecule has 1 saturated heterocycles. The maximum Gasteiger partial charge on any atom is 0.231 e. The number of anilines is 2. The predicted octanol–water partition coefficient (Wildman–Crippen LogP) is 1.36. The fraction of sp³-hybridized carbons (Fsp3) is 0.462. The molecule has 6 nitrogen and oxygen atoms in total. The van der Waals surface area contributed by atoms with E-state index in [1.165, 1.54) is 0 Å². The van der Waals surface area contributed by atoms with E-state index in [-0.39, 0.29) is 24.7 Å². The van der Waals surface area contributed by atoms with Crippen LogP contribution in [-0.2, 0) is 9.53 Å². The van der Waals surface area contributed by atoms with Crippen LogP contribution in [0.3, 0.4) is 0 Å². The van der Waals surface area contributed by atoms with Crippen molar-refractivity contribution in [2.75, 3.05) is 24.5 Å². The molecule has 3 rings (SSSR count). The fourth-order valence-electron chi connectivity index (χ4n) is 2.37. The van der Waals surface area contributed by atoms with Crippen molar-refractivity contribution >= 4 is 17.3 Å². The lowest BCUT2D eigenvalue weighted by molar-refractivity contribution is -0.121. The van der Waals surface area contributed by atoms with Crippen molar-refractivity contribution in [3.8, 4) is 11.5 Å². The van der Waals surface area contributed by atoms with E-state index in [0.717, 1.165) is 6.42 Å². The van der Waals surface area contributed by atoms with Crippen molar-refractivity contribution in [1.82, 2.24) is 0 Å². The maximum atomic E-state index is 12.2. The molecule has 2 heterocycles. The van der Waals surface area contributed by atoms with E-state index < -0.39 is 0 Å². The summed E-state index contributed by atoms with van der Waals surface area (Å²) in [4.78, 5) is 12.2. The summed E-state index contributed by atoms with van der Waals surface area (Å²) in [6.45, 7) is 2.70. The van der Waals surface area contributed by atoms with Gasteiger partial charge in [-0.15, -0.1) is 0 Å². The molecular weight excluding hydrogens is 248 g/mol. The Hall–Kier alpha value is -1.95. The fourth-order valence-corrected chi connectivity index (χ4v) is 2.37. The first kappa shape index (κ1) is 12.1. The van der Waals surface area contributed by atoms with Gasteiger partial charge in [-0.1, -0.05) is 0 Å². The molecule has 2 atom stereocenters. The van der Waals surface area contributed by atoms with Crippen LogP contribution < -0.4 is 20.5 Å². The third kappa shape index (κ3) is 2.19. The largest absolute Gasteiger partial charge is 0.454 e. The van der Waals surface area contributed by atoms with E-state index in [1.807, 2.05) is 6.92 Å². The van der Waals surface area contributed by atoms with Gasteiger partial charge >= 0.3 is 0 Å². The van der Waals surface area contributed by atoms with Crippen LogP contribution in [0, 0.1) is 5.92 Å². The first-order valence-electron chi connectivity index (χ1n) is 6.27. The molecule has 1 amide bonds. The third-order valence-electron chi connectivity index (χ3n) is 3.52. The Bertz CT molecular complexity index is 518. The van der Waals surface area contributed by atoms with Crippen LogP contribution in [0.5, 0.6) is 11.5 Å². The Labute approximate surface area is 110 Å². The van der Waals surface area contributed by atoms with E-state index in [1.54, 1.807) is 12.1 Å². The summed E-state index contributed by atoms with van der Waals surface area (Å²) in [5, 5.41) is 2.83. The van der Waals surface area contributed by atoms with E-state index in [9.17, 15) is 4.79 Å². The van der Waals surface area contributed by atoms with E-state index in [2.05, 4.69) is 5.32 Å². The highest BCUT2D eigenvalue weighted by Crippen LogP contribution is 2.38. The average molecular weight is 264 g/mol. The number of nitrogens with two attached hydrogens (primary N) is 1. The standard InChI is InChI=1S/C13H16N2O4/c1-7-8(2-3-17-7)13(16)15-10-5-12-11(4-9(10)14)18-6-19-12/h4-5,7-8H,2-3,6,14H2,1H3,(H,15,16). The highest BCUT2D eigenvalue weighted by atomic mass is 16.7. The van der Waals surface area contributed by atoms with Crippen LogP contribution in [0.2, 0.25) is 0 Å². The first-order chi connectivity index (χ1) is 9.15. The van der Waals surface area contributed by atoms with Crippen molar-refractivity contribution in [2.45, 2.75) is 19.4 Å². The Morgan fingerprint density at radius 2 is 2.11 bits per heavy atom. The molecule has 0 bridgehead atoms. The molecule has 0 saturated carbocycles. The number of ether oxygens (including phenoxy) is 3. The van der Waals surface area contributed by atoms with Crippen LogP contribution >= 0.6 is 0 Å². The van der Waals surface area contributed by atoms with Gasteiger partial charge in [0.1, 0.15) is 0 Å². The van der Waals surface area contributed by atoms with Crippen molar-refractivity contribution in [1.29, 1.82) is 0 Å². The quantitative estimate of drug-likeness (QED) is 0.788. The zero-order valence-corrected chi connectivity index (χ0v) is 10.6. The summed E-state index contributed by atoms with van der Waals surface area (Å²) in [6, 6.07) is 3.35. The van der Waals surface area contributed by atoms with E-state index >= 15 is 0 Å². The second-order valence-electron chi connectivity index (χ2n) is 4.75. The highest BCUT2D eigenvalue weighted by molar-refractivity contribution is 5.96. The van der Waals surface area contributed by atoms with E-state index in [0.29, 0.717) is 29.5 Å². The Morgan fingerprint density at radius 1 is 1.37 bits per heavy atom. The number of nitrogens with one attached hydrogen (secondary N) is 1. The smallest absolute Gasteiger partial charge is 0.231 e. The van der Waals surface area contributed by atoms with Crippen LogP contribution in [0.4, 0.5) is 11.4 Å². The van der Waals surface area contributed by atoms with Gasteiger partial charge in [0.05, 0.1) is 23.4 Å². The zero-order valence-electron chi connectivity index (χ0n) is 10.6. The summed E-state index contributed by atoms with van der Waals surface area (Å²) in [7, 11) is 0. The van der Waals surface area contributed by atoms with Gasteiger partial charge in [-0.05, 0) is 13.3 Å². The van der Waals surface area contributed by atoms with Crippen LogP contribution in [0.1, 0.15) is 13.3 Å². The van der Waals surface area contributed by atoms with Gasteiger partial charge in [-0.3, -0.25) is 4.79 Å². The van der Waals surface area contributed by atoms with E-state index in [4.69, 9.17) is 19.9 Å². The number of rotatable bonds is 2. The molecule has 2 aliphatic heterocycles. The number of benzene rings is 1. The van der Waals surface area contributed by atoms with Crippen LogP contribution in [0.15, 0.2) is 12.1 Å². The minimum atomic E-state index is -0.134. The molecule has 6 heteroatoms. The van der Waals surface area contributed by atoms with Gasteiger partial charge in [-0.2, -0.15) is 0 Å². The number of fused-ring (bicyclic) bond motifs is 1. The molecule has 19 heavy (non-hydrogen) atoms. The topological polar surface area (TPSA) is 82.8 Å².